The fraction of sp³-hybridized carbons (Fsp3) is 0.0870. The molecule has 0 bridgehead atoms. The van der Waals surface area contributed by atoms with Crippen molar-refractivity contribution >= 4 is 46.9 Å². The highest BCUT2D eigenvalue weighted by atomic mass is 35.5. The third-order valence-electron chi connectivity index (χ3n) is 4.33. The molecule has 0 aliphatic heterocycles. The Labute approximate surface area is 199 Å². The van der Waals surface area contributed by atoms with E-state index in [4.69, 9.17) is 32.7 Å². The van der Waals surface area contributed by atoms with Gasteiger partial charge in [-0.1, -0.05) is 35.3 Å². The maximum Gasteiger partial charge on any atom is 0.329 e. The van der Waals surface area contributed by atoms with Gasteiger partial charge in [0.2, 0.25) is 0 Å². The molecule has 2 N–H and O–H groups in total. The van der Waals surface area contributed by atoms with Crippen LogP contribution in [0.5, 0.6) is 11.5 Å². The summed E-state index contributed by atoms with van der Waals surface area (Å²) in [7, 11) is 1.48. The van der Waals surface area contributed by atoms with Gasteiger partial charge in [-0.25, -0.2) is 9.82 Å². The first-order valence-corrected chi connectivity index (χ1v) is 10.3. The van der Waals surface area contributed by atoms with Crippen LogP contribution in [0.3, 0.4) is 0 Å². The lowest BCUT2D eigenvalue weighted by molar-refractivity contribution is -0.136. The molecule has 0 saturated carbocycles. The van der Waals surface area contributed by atoms with E-state index in [-0.39, 0.29) is 12.3 Å². The van der Waals surface area contributed by atoms with Crippen molar-refractivity contribution in [2.75, 3.05) is 12.4 Å². The third kappa shape index (κ3) is 6.44. The minimum absolute atomic E-state index is 0.0617. The van der Waals surface area contributed by atoms with Crippen molar-refractivity contribution < 1.29 is 23.5 Å². The number of carbonyl (C=O) groups is 2. The maximum absolute atomic E-state index is 12.9. The first-order chi connectivity index (χ1) is 15.9. The molecule has 170 valence electrons. The number of para-hydroxylation sites is 1. The van der Waals surface area contributed by atoms with E-state index >= 15 is 0 Å². The van der Waals surface area contributed by atoms with Crippen molar-refractivity contribution in [1.82, 2.24) is 5.43 Å². The van der Waals surface area contributed by atoms with Gasteiger partial charge in [0.1, 0.15) is 12.4 Å². The fourth-order valence-electron chi connectivity index (χ4n) is 2.70. The van der Waals surface area contributed by atoms with Gasteiger partial charge in [0, 0.05) is 26.9 Å². The van der Waals surface area contributed by atoms with Crippen LogP contribution in [0.1, 0.15) is 11.1 Å². The number of methoxy groups -OCH3 is 1. The van der Waals surface area contributed by atoms with E-state index in [0.29, 0.717) is 32.7 Å². The molecule has 3 aromatic rings. The number of anilines is 1. The Hall–Kier alpha value is -3.62. The number of hydrogen-bond donors (Lipinski definition) is 2. The highest BCUT2D eigenvalue weighted by Crippen LogP contribution is 2.32. The molecule has 0 aromatic heterocycles. The molecule has 3 rings (SSSR count). The van der Waals surface area contributed by atoms with Crippen molar-refractivity contribution in [3.8, 4) is 11.5 Å². The molecule has 7 nitrogen and oxygen atoms in total. The van der Waals surface area contributed by atoms with Crippen LogP contribution in [0.15, 0.2) is 65.8 Å². The summed E-state index contributed by atoms with van der Waals surface area (Å²) in [5, 5.41) is 7.05. The summed E-state index contributed by atoms with van der Waals surface area (Å²) in [4.78, 5) is 24.0. The molecule has 0 spiro atoms. The van der Waals surface area contributed by atoms with Crippen molar-refractivity contribution in [2.24, 2.45) is 5.10 Å². The van der Waals surface area contributed by atoms with E-state index in [1.807, 2.05) is 0 Å². The summed E-state index contributed by atoms with van der Waals surface area (Å²) in [5.74, 6) is -1.68. The van der Waals surface area contributed by atoms with Gasteiger partial charge in [0.25, 0.3) is 0 Å². The van der Waals surface area contributed by atoms with Crippen LogP contribution in [0.2, 0.25) is 10.0 Å². The Morgan fingerprint density at radius 3 is 2.33 bits per heavy atom. The van der Waals surface area contributed by atoms with Crippen molar-refractivity contribution in [2.45, 2.75) is 6.61 Å². The van der Waals surface area contributed by atoms with Crippen LogP contribution >= 0.6 is 23.2 Å². The highest BCUT2D eigenvalue weighted by molar-refractivity contribution is 6.39. The maximum atomic E-state index is 12.9. The van der Waals surface area contributed by atoms with E-state index in [9.17, 15) is 14.0 Å². The average molecular weight is 490 g/mol. The van der Waals surface area contributed by atoms with Crippen LogP contribution in [0, 0.1) is 5.82 Å². The second-order valence-corrected chi connectivity index (χ2v) is 7.34. The molecule has 0 atom stereocenters. The lowest BCUT2D eigenvalue weighted by Gasteiger charge is -2.14. The molecule has 0 aliphatic rings. The number of hydrazone groups is 1. The largest absolute Gasteiger partial charge is 0.493 e. The Morgan fingerprint density at radius 2 is 1.67 bits per heavy atom. The molecule has 0 unspecified atom stereocenters. The van der Waals surface area contributed by atoms with E-state index in [0.717, 1.165) is 12.1 Å². The topological polar surface area (TPSA) is 89.0 Å². The number of hydrogen-bond acceptors (Lipinski definition) is 5. The number of rotatable bonds is 7. The number of benzene rings is 3. The molecule has 0 aliphatic carbocycles. The van der Waals surface area contributed by atoms with Gasteiger partial charge >= 0.3 is 11.8 Å². The molecule has 10 heteroatoms. The number of halogens is 3. The second kappa shape index (κ2) is 11.3. The van der Waals surface area contributed by atoms with Gasteiger partial charge in [-0.05, 0) is 48.5 Å². The summed E-state index contributed by atoms with van der Waals surface area (Å²) >= 11 is 12.4. The van der Waals surface area contributed by atoms with Crippen LogP contribution in [0.25, 0.3) is 0 Å². The molecule has 33 heavy (non-hydrogen) atoms. The van der Waals surface area contributed by atoms with Gasteiger partial charge in [0.05, 0.1) is 13.3 Å². The van der Waals surface area contributed by atoms with E-state index in [1.165, 1.54) is 25.5 Å². The fourth-order valence-corrected chi connectivity index (χ4v) is 3.20. The summed E-state index contributed by atoms with van der Waals surface area (Å²) in [6, 6.07) is 15.2. The van der Waals surface area contributed by atoms with Crippen LogP contribution in [-0.2, 0) is 16.2 Å². The first-order valence-electron chi connectivity index (χ1n) is 9.51. The van der Waals surface area contributed by atoms with Gasteiger partial charge in [0.15, 0.2) is 11.5 Å². The Bertz CT molecular complexity index is 1170. The molecule has 2 amide bonds. The molecule has 0 radical (unpaired) electrons. The zero-order chi connectivity index (χ0) is 23.8. The van der Waals surface area contributed by atoms with Gasteiger partial charge < -0.3 is 14.8 Å². The normalized spacial score (nSPS) is 10.7. The van der Waals surface area contributed by atoms with E-state index in [1.54, 1.807) is 36.4 Å². The Morgan fingerprint density at radius 1 is 1.00 bits per heavy atom. The second-order valence-electron chi connectivity index (χ2n) is 6.53. The van der Waals surface area contributed by atoms with Crippen molar-refractivity contribution in [3.63, 3.8) is 0 Å². The molecule has 3 aromatic carbocycles. The van der Waals surface area contributed by atoms with E-state index < -0.39 is 17.6 Å². The Balaban J connectivity index is 1.69. The number of ether oxygens (including phenoxy) is 2. The van der Waals surface area contributed by atoms with Gasteiger partial charge in [-0.3, -0.25) is 9.59 Å². The zero-order valence-electron chi connectivity index (χ0n) is 17.3. The predicted molar refractivity (Wildman–Crippen MR) is 125 cm³/mol. The van der Waals surface area contributed by atoms with Crippen LogP contribution in [-0.4, -0.2) is 25.1 Å². The van der Waals surface area contributed by atoms with Crippen molar-refractivity contribution in [1.29, 1.82) is 0 Å². The number of amides is 2. The number of nitrogens with one attached hydrogen (secondary N) is 2. The predicted octanol–water partition coefficient (Wildman–Crippen LogP) is 4.81. The van der Waals surface area contributed by atoms with Gasteiger partial charge in [-0.15, -0.1) is 0 Å². The molecular weight excluding hydrogens is 472 g/mol. The Kier molecular flexibility index (Phi) is 8.23. The number of carbonyl (C=O) groups excluding carboxylic acids is 2. The molecule has 0 heterocycles. The quantitative estimate of drug-likeness (QED) is 0.283. The first kappa shape index (κ1) is 24.0. The molecular formula is C23H18Cl2FN3O4. The van der Waals surface area contributed by atoms with E-state index in [2.05, 4.69) is 15.8 Å². The lowest BCUT2D eigenvalue weighted by Crippen LogP contribution is -2.32. The monoisotopic (exact) mass is 489 g/mol. The summed E-state index contributed by atoms with van der Waals surface area (Å²) in [6.45, 7) is 0.0617. The smallest absolute Gasteiger partial charge is 0.329 e. The minimum Gasteiger partial charge on any atom is -0.493 e. The van der Waals surface area contributed by atoms with Crippen molar-refractivity contribution in [3.05, 3.63) is 87.7 Å². The summed E-state index contributed by atoms with van der Waals surface area (Å²) in [6.07, 6.45) is 1.30. The third-order valence-corrected chi connectivity index (χ3v) is 5.04. The average Bonchev–Trinajstić information content (AvgIpc) is 2.80. The SMILES string of the molecule is COc1cccc(/C=N\NC(=O)C(=O)Nc2ccc(F)cc2)c1OCc1c(Cl)cccc1Cl. The zero-order valence-corrected chi connectivity index (χ0v) is 18.8. The summed E-state index contributed by atoms with van der Waals surface area (Å²) < 4.78 is 24.2. The minimum atomic E-state index is -1.01. The lowest BCUT2D eigenvalue weighted by atomic mass is 10.2. The standard InChI is InChI=1S/C23H18Cl2FN3O4/c1-32-20-7-2-4-14(21(20)33-13-17-18(24)5-3-6-19(17)25)12-27-29-23(31)22(30)28-16-10-8-15(26)9-11-16/h2-12H,13H2,1H3,(H,28,30)(H,29,31)/b27-12-. The summed E-state index contributed by atoms with van der Waals surface area (Å²) in [5.41, 5.74) is 3.46. The molecule has 0 fully saturated rings. The number of nitrogens with zero attached hydrogens (tertiary/aromatic N) is 1. The van der Waals surface area contributed by atoms with Crippen LogP contribution < -0.4 is 20.2 Å². The van der Waals surface area contributed by atoms with Gasteiger partial charge in [-0.2, -0.15) is 5.10 Å². The highest BCUT2D eigenvalue weighted by Gasteiger charge is 2.15. The molecule has 0 saturated heterocycles. The van der Waals surface area contributed by atoms with Crippen LogP contribution in [0.4, 0.5) is 10.1 Å².